The van der Waals surface area contributed by atoms with E-state index >= 15 is 0 Å². The van der Waals surface area contributed by atoms with E-state index in [1.807, 2.05) is 16.8 Å². The normalized spacial score (nSPS) is 13.6. The summed E-state index contributed by atoms with van der Waals surface area (Å²) in [6.45, 7) is 13.5. The fraction of sp³-hybridized carbons (Fsp3) is 0.577. The molecule has 3 rings (SSSR count). The van der Waals surface area contributed by atoms with Gasteiger partial charge in [0.25, 0.3) is 0 Å². The third kappa shape index (κ3) is 5.68. The zero-order valence-electron chi connectivity index (χ0n) is 20.9. The molecule has 1 amide bonds. The molecule has 6 nitrogen and oxygen atoms in total. The molecule has 0 bridgehead atoms. The second-order valence-corrected chi connectivity index (χ2v) is 10.0. The molecular formula is C26H38BrN5O. The minimum Gasteiger partial charge on any atom is -0.295 e. The van der Waals surface area contributed by atoms with Gasteiger partial charge >= 0.3 is 0 Å². The Balaban J connectivity index is 1.98. The molecule has 0 aliphatic carbocycles. The van der Waals surface area contributed by atoms with Crippen LogP contribution in [0.4, 0.5) is 17.5 Å². The molecule has 180 valence electrons. The number of rotatable bonds is 10. The number of anilines is 3. The van der Waals surface area contributed by atoms with E-state index in [0.717, 1.165) is 52.9 Å². The molecule has 0 atom stereocenters. The van der Waals surface area contributed by atoms with E-state index in [-0.39, 0.29) is 11.9 Å². The Labute approximate surface area is 207 Å². The van der Waals surface area contributed by atoms with Crippen molar-refractivity contribution in [2.24, 2.45) is 0 Å². The van der Waals surface area contributed by atoms with Crippen LogP contribution in [0.5, 0.6) is 0 Å². The summed E-state index contributed by atoms with van der Waals surface area (Å²) in [5.74, 6) is 2.04. The van der Waals surface area contributed by atoms with E-state index in [0.29, 0.717) is 31.3 Å². The first kappa shape index (κ1) is 25.5. The number of halogens is 1. The van der Waals surface area contributed by atoms with Gasteiger partial charge in [-0.05, 0) is 72.7 Å². The minimum atomic E-state index is 0.182. The van der Waals surface area contributed by atoms with E-state index < -0.39 is 0 Å². The predicted octanol–water partition coefficient (Wildman–Crippen LogP) is 6.77. The van der Waals surface area contributed by atoms with Gasteiger partial charge in [-0.15, -0.1) is 0 Å². The standard InChI is InChI=1S/C26H38BrN5O/c1-7-10-20(11-8-2)32-24(33)15-13-21-18(6)28-26(29-25(21)32)31(9-3)30-23-14-12-19(17(4)5)16-22(23)27/h12,14,16-17,20,30H,7-11,13,15H2,1-6H3. The van der Waals surface area contributed by atoms with Crippen molar-refractivity contribution >= 4 is 39.3 Å². The Hall–Kier alpha value is -2.15. The maximum atomic E-state index is 13.1. The topological polar surface area (TPSA) is 61.4 Å². The van der Waals surface area contributed by atoms with Gasteiger partial charge in [0.2, 0.25) is 11.9 Å². The third-order valence-corrected chi connectivity index (χ3v) is 7.00. The van der Waals surface area contributed by atoms with Crippen molar-refractivity contribution in [3.05, 3.63) is 39.5 Å². The maximum Gasteiger partial charge on any atom is 0.246 e. The first-order valence-corrected chi connectivity index (χ1v) is 13.1. The van der Waals surface area contributed by atoms with Crippen molar-refractivity contribution in [1.29, 1.82) is 0 Å². The summed E-state index contributed by atoms with van der Waals surface area (Å²) >= 11 is 3.71. The van der Waals surface area contributed by atoms with Crippen molar-refractivity contribution in [1.82, 2.24) is 9.97 Å². The Morgan fingerprint density at radius 3 is 2.39 bits per heavy atom. The molecule has 0 spiro atoms. The van der Waals surface area contributed by atoms with Gasteiger partial charge < -0.3 is 0 Å². The first-order chi connectivity index (χ1) is 15.8. The van der Waals surface area contributed by atoms with Crippen molar-refractivity contribution in [2.75, 3.05) is 21.9 Å². The van der Waals surface area contributed by atoms with E-state index in [1.165, 1.54) is 5.56 Å². The number of fused-ring (bicyclic) bond motifs is 1. The third-order valence-electron chi connectivity index (χ3n) is 6.35. The summed E-state index contributed by atoms with van der Waals surface area (Å²) < 4.78 is 1.00. The van der Waals surface area contributed by atoms with Gasteiger partial charge in [0, 0.05) is 34.7 Å². The van der Waals surface area contributed by atoms with E-state index in [9.17, 15) is 4.79 Å². The minimum absolute atomic E-state index is 0.182. The fourth-order valence-corrected chi connectivity index (χ4v) is 4.98. The molecule has 1 aliphatic heterocycles. The van der Waals surface area contributed by atoms with Crippen molar-refractivity contribution in [3.63, 3.8) is 0 Å². The molecule has 33 heavy (non-hydrogen) atoms. The summed E-state index contributed by atoms with van der Waals surface area (Å²) in [6, 6.07) is 6.57. The highest BCUT2D eigenvalue weighted by Crippen LogP contribution is 2.34. The average molecular weight is 517 g/mol. The van der Waals surface area contributed by atoms with Gasteiger partial charge in [-0.2, -0.15) is 4.98 Å². The van der Waals surface area contributed by atoms with Crippen LogP contribution < -0.4 is 15.3 Å². The molecule has 0 fully saturated rings. The van der Waals surface area contributed by atoms with Crippen LogP contribution in [0, 0.1) is 6.92 Å². The van der Waals surface area contributed by atoms with E-state index in [1.54, 1.807) is 0 Å². The van der Waals surface area contributed by atoms with E-state index in [2.05, 4.69) is 74.2 Å². The maximum absolute atomic E-state index is 13.1. The zero-order chi connectivity index (χ0) is 24.1. The molecular weight excluding hydrogens is 478 g/mol. The van der Waals surface area contributed by atoms with Gasteiger partial charge in [0.15, 0.2) is 0 Å². The lowest BCUT2D eigenvalue weighted by atomic mass is 9.98. The second-order valence-electron chi connectivity index (χ2n) is 9.16. The Morgan fingerprint density at radius 2 is 1.82 bits per heavy atom. The zero-order valence-corrected chi connectivity index (χ0v) is 22.5. The molecule has 7 heteroatoms. The van der Waals surface area contributed by atoms with Crippen LogP contribution in [0.3, 0.4) is 0 Å². The molecule has 1 aromatic heterocycles. The molecule has 0 radical (unpaired) electrons. The number of hydrogen-bond acceptors (Lipinski definition) is 5. The molecule has 2 heterocycles. The highest BCUT2D eigenvalue weighted by atomic mass is 79.9. The van der Waals surface area contributed by atoms with Crippen LogP contribution in [-0.2, 0) is 11.2 Å². The van der Waals surface area contributed by atoms with Gasteiger partial charge in [0.1, 0.15) is 5.82 Å². The monoisotopic (exact) mass is 515 g/mol. The summed E-state index contributed by atoms with van der Waals surface area (Å²) in [5, 5.41) is 1.95. The lowest BCUT2D eigenvalue weighted by Gasteiger charge is -2.36. The fourth-order valence-electron chi connectivity index (χ4n) is 4.49. The van der Waals surface area contributed by atoms with Gasteiger partial charge in [-0.3, -0.25) is 20.1 Å². The molecule has 0 saturated heterocycles. The predicted molar refractivity (Wildman–Crippen MR) is 141 cm³/mol. The van der Waals surface area contributed by atoms with Gasteiger partial charge in [0.05, 0.1) is 5.69 Å². The van der Waals surface area contributed by atoms with Crippen molar-refractivity contribution in [2.45, 2.75) is 92.0 Å². The molecule has 1 aromatic carbocycles. The number of nitrogens with one attached hydrogen (secondary N) is 1. The number of benzene rings is 1. The number of aromatic nitrogens is 2. The molecule has 0 saturated carbocycles. The molecule has 2 aromatic rings. The van der Waals surface area contributed by atoms with Gasteiger partial charge in [-0.1, -0.05) is 46.6 Å². The molecule has 1 N–H and O–H groups in total. The quantitative estimate of drug-likeness (QED) is 0.353. The van der Waals surface area contributed by atoms with Crippen LogP contribution in [0.15, 0.2) is 22.7 Å². The number of amides is 1. The van der Waals surface area contributed by atoms with Crippen LogP contribution in [0.1, 0.15) is 89.5 Å². The summed E-state index contributed by atoms with van der Waals surface area (Å²) in [7, 11) is 0. The van der Waals surface area contributed by atoms with Gasteiger partial charge in [-0.25, -0.2) is 4.98 Å². The summed E-state index contributed by atoms with van der Waals surface area (Å²) in [5.41, 5.74) is 7.78. The molecule has 1 aliphatic rings. The van der Waals surface area contributed by atoms with Crippen molar-refractivity contribution < 1.29 is 4.79 Å². The van der Waals surface area contributed by atoms with Crippen LogP contribution >= 0.6 is 15.9 Å². The highest BCUT2D eigenvalue weighted by molar-refractivity contribution is 9.10. The number of nitrogens with zero attached hydrogens (tertiary/aromatic N) is 4. The van der Waals surface area contributed by atoms with E-state index in [4.69, 9.17) is 9.97 Å². The number of carbonyl (C=O) groups is 1. The lowest BCUT2D eigenvalue weighted by Crippen LogP contribution is -2.45. The average Bonchev–Trinajstić information content (AvgIpc) is 2.77. The smallest absolute Gasteiger partial charge is 0.246 e. The first-order valence-electron chi connectivity index (χ1n) is 12.3. The Bertz CT molecular complexity index is 971. The second kappa shape index (κ2) is 11.3. The highest BCUT2D eigenvalue weighted by Gasteiger charge is 2.33. The Morgan fingerprint density at radius 1 is 1.12 bits per heavy atom. The molecule has 0 unspecified atom stereocenters. The van der Waals surface area contributed by atoms with Crippen LogP contribution in [0.25, 0.3) is 0 Å². The van der Waals surface area contributed by atoms with Crippen LogP contribution in [-0.4, -0.2) is 28.5 Å². The Kier molecular flexibility index (Phi) is 8.74. The summed E-state index contributed by atoms with van der Waals surface area (Å²) in [6.07, 6.45) is 5.31. The number of hydrazine groups is 1. The van der Waals surface area contributed by atoms with Crippen molar-refractivity contribution in [3.8, 4) is 0 Å². The number of aryl methyl sites for hydroxylation is 1. The number of hydrogen-bond donors (Lipinski definition) is 1. The van der Waals surface area contributed by atoms with Crippen LogP contribution in [0.2, 0.25) is 0 Å². The SMILES string of the molecule is CCCC(CCC)N1C(=O)CCc2c(C)nc(N(CC)Nc3ccc(C(C)C)cc3Br)nc21. The lowest BCUT2D eigenvalue weighted by molar-refractivity contribution is -0.119. The number of carbonyl (C=O) groups excluding carboxylic acids is 1. The largest absolute Gasteiger partial charge is 0.295 e. The summed E-state index contributed by atoms with van der Waals surface area (Å²) in [4.78, 5) is 24.9.